The number of aryl methyl sites for hydroxylation is 2. The third kappa shape index (κ3) is 9.24. The summed E-state index contributed by atoms with van der Waals surface area (Å²) < 4.78 is 69.0. The van der Waals surface area contributed by atoms with Gasteiger partial charge in [0.05, 0.1) is 29.6 Å². The van der Waals surface area contributed by atoms with Crippen LogP contribution in [0.1, 0.15) is 21.6 Å². The number of benzene rings is 2. The van der Waals surface area contributed by atoms with E-state index in [2.05, 4.69) is 28.9 Å². The monoisotopic (exact) mass is 603 g/mol. The maximum Gasteiger partial charge on any atom is 0.490 e. The van der Waals surface area contributed by atoms with Crippen LogP contribution in [0.2, 0.25) is 0 Å². The highest BCUT2D eigenvalue weighted by Crippen LogP contribution is 2.29. The summed E-state index contributed by atoms with van der Waals surface area (Å²) in [7, 11) is 1.69. The van der Waals surface area contributed by atoms with Gasteiger partial charge in [-0.2, -0.15) is 26.3 Å². The van der Waals surface area contributed by atoms with E-state index in [1.807, 2.05) is 48.2 Å². The van der Waals surface area contributed by atoms with E-state index in [0.717, 1.165) is 41.1 Å². The number of aliphatic carboxylic acids is 2. The first-order chi connectivity index (χ1) is 19.4. The zero-order valence-electron chi connectivity index (χ0n) is 22.6. The van der Waals surface area contributed by atoms with E-state index in [1.165, 1.54) is 5.56 Å². The summed E-state index contributed by atoms with van der Waals surface area (Å²) >= 11 is 0. The number of carboxylic acids is 2. The van der Waals surface area contributed by atoms with Gasteiger partial charge in [-0.3, -0.25) is 9.78 Å². The van der Waals surface area contributed by atoms with Crippen LogP contribution in [0.5, 0.6) is 5.75 Å². The lowest BCUT2D eigenvalue weighted by Gasteiger charge is -2.36. The number of halogens is 6. The van der Waals surface area contributed by atoms with Gasteiger partial charge in [-0.05, 0) is 44.2 Å². The number of fused-ring (bicyclic) bond motifs is 1. The number of nitrogens with zero attached hydrogens (tertiary/aromatic N) is 3. The van der Waals surface area contributed by atoms with Crippen molar-refractivity contribution in [3.05, 3.63) is 65.4 Å². The zero-order chi connectivity index (χ0) is 31.8. The Morgan fingerprint density at radius 1 is 0.833 bits per heavy atom. The zero-order valence-corrected chi connectivity index (χ0v) is 22.6. The number of piperazine rings is 1. The predicted molar refractivity (Wildman–Crippen MR) is 140 cm³/mol. The van der Waals surface area contributed by atoms with Crippen LogP contribution in [0, 0.1) is 13.8 Å². The molecule has 0 spiro atoms. The fourth-order valence-electron chi connectivity index (χ4n) is 3.82. The number of alkyl halides is 6. The number of aromatic nitrogens is 1. The number of amides is 1. The first-order valence-electron chi connectivity index (χ1n) is 12.1. The molecule has 1 fully saturated rings. The number of carbonyl (C=O) groups is 3. The third-order valence-electron chi connectivity index (χ3n) is 5.87. The van der Waals surface area contributed by atoms with Gasteiger partial charge in [-0.25, -0.2) is 9.59 Å². The van der Waals surface area contributed by atoms with Gasteiger partial charge in [0.15, 0.2) is 0 Å². The molecule has 0 unspecified atom stereocenters. The van der Waals surface area contributed by atoms with E-state index in [1.54, 1.807) is 7.11 Å². The van der Waals surface area contributed by atoms with E-state index in [4.69, 9.17) is 24.5 Å². The standard InChI is InChI=1S/C23H25N3O2.2C2HF3O2/c1-16-8-9-20-18(14-16)15-19(17(2)24-20)23(27)26-12-10-25(11-13-26)21-6-4-5-7-22(21)28-3;2*3-2(4,5)1(6)7/h4-9,14-15H,10-13H2,1-3H3;2*(H,6,7). The SMILES string of the molecule is COc1ccccc1N1CCN(C(=O)c2cc3cc(C)ccc3nc2C)CC1.O=C(O)C(F)(F)F.O=C(O)C(F)(F)F. The summed E-state index contributed by atoms with van der Waals surface area (Å²) in [5.41, 5.74) is 4.66. The number of anilines is 1. The van der Waals surface area contributed by atoms with Gasteiger partial charge in [0, 0.05) is 31.6 Å². The number of rotatable bonds is 3. The molecule has 1 amide bonds. The Morgan fingerprint density at radius 2 is 1.36 bits per heavy atom. The lowest BCUT2D eigenvalue weighted by atomic mass is 10.1. The maximum absolute atomic E-state index is 13.2. The average molecular weight is 604 g/mol. The van der Waals surface area contributed by atoms with Gasteiger partial charge in [-0.15, -0.1) is 0 Å². The number of methoxy groups -OCH3 is 1. The quantitative estimate of drug-likeness (QED) is 0.398. The molecule has 0 radical (unpaired) electrons. The van der Waals surface area contributed by atoms with Gasteiger partial charge in [-0.1, -0.05) is 23.8 Å². The van der Waals surface area contributed by atoms with Gasteiger partial charge >= 0.3 is 24.3 Å². The molecule has 0 saturated carbocycles. The van der Waals surface area contributed by atoms with Crippen LogP contribution in [-0.4, -0.2) is 83.6 Å². The Hall–Kier alpha value is -4.56. The van der Waals surface area contributed by atoms with Crippen molar-refractivity contribution in [2.45, 2.75) is 26.2 Å². The second kappa shape index (κ2) is 13.9. The molecular weight excluding hydrogens is 576 g/mol. The summed E-state index contributed by atoms with van der Waals surface area (Å²) in [4.78, 5) is 39.8. The van der Waals surface area contributed by atoms with Crippen LogP contribution in [0.25, 0.3) is 10.9 Å². The molecule has 2 N–H and O–H groups in total. The molecule has 0 bridgehead atoms. The minimum absolute atomic E-state index is 0.0630. The second-order valence-electron chi connectivity index (χ2n) is 8.87. The molecule has 4 rings (SSSR count). The van der Waals surface area contributed by atoms with E-state index in [-0.39, 0.29) is 5.91 Å². The normalized spacial score (nSPS) is 13.4. The first kappa shape index (κ1) is 33.6. The first-order valence-corrected chi connectivity index (χ1v) is 12.1. The topological polar surface area (TPSA) is 120 Å². The van der Waals surface area contributed by atoms with Crippen molar-refractivity contribution in [2.24, 2.45) is 0 Å². The molecule has 15 heteroatoms. The Bertz CT molecular complexity index is 1400. The number of hydrogen-bond acceptors (Lipinski definition) is 6. The van der Waals surface area contributed by atoms with Crippen LogP contribution < -0.4 is 9.64 Å². The minimum Gasteiger partial charge on any atom is -0.495 e. The van der Waals surface area contributed by atoms with Crippen molar-refractivity contribution in [2.75, 3.05) is 38.2 Å². The van der Waals surface area contributed by atoms with Crippen molar-refractivity contribution in [1.29, 1.82) is 0 Å². The summed E-state index contributed by atoms with van der Waals surface area (Å²) in [6.45, 7) is 6.90. The van der Waals surface area contributed by atoms with Crippen LogP contribution in [0.15, 0.2) is 48.5 Å². The Morgan fingerprint density at radius 3 is 1.86 bits per heavy atom. The number of hydrogen-bond donors (Lipinski definition) is 2. The Labute approximate surface area is 235 Å². The van der Waals surface area contributed by atoms with Crippen LogP contribution in [0.4, 0.5) is 32.0 Å². The molecular formula is C27H27F6N3O6. The summed E-state index contributed by atoms with van der Waals surface area (Å²) in [6, 6.07) is 16.2. The highest BCUT2D eigenvalue weighted by atomic mass is 19.4. The fraction of sp³-hybridized carbons (Fsp3) is 0.333. The number of carbonyl (C=O) groups excluding carboxylic acids is 1. The molecule has 2 aromatic carbocycles. The lowest BCUT2D eigenvalue weighted by Crippen LogP contribution is -2.49. The van der Waals surface area contributed by atoms with Crippen molar-refractivity contribution >= 4 is 34.4 Å². The maximum atomic E-state index is 13.2. The molecule has 0 aliphatic carbocycles. The van der Waals surface area contributed by atoms with Crippen LogP contribution in [0.3, 0.4) is 0 Å². The van der Waals surface area contributed by atoms with Crippen molar-refractivity contribution < 1.29 is 55.7 Å². The molecule has 3 aromatic rings. The van der Waals surface area contributed by atoms with E-state index in [9.17, 15) is 31.1 Å². The van der Waals surface area contributed by atoms with E-state index < -0.39 is 24.3 Å². The number of pyridine rings is 1. The highest BCUT2D eigenvalue weighted by molar-refractivity contribution is 5.99. The van der Waals surface area contributed by atoms with Crippen molar-refractivity contribution in [3.63, 3.8) is 0 Å². The van der Waals surface area contributed by atoms with Crippen LogP contribution >= 0.6 is 0 Å². The van der Waals surface area contributed by atoms with E-state index in [0.29, 0.717) is 18.7 Å². The molecule has 228 valence electrons. The fourth-order valence-corrected chi connectivity index (χ4v) is 3.82. The Kier molecular flexibility index (Phi) is 11.1. The molecule has 1 saturated heterocycles. The predicted octanol–water partition coefficient (Wildman–Crippen LogP) is 5.09. The Balaban J connectivity index is 0.000000367. The molecule has 2 heterocycles. The van der Waals surface area contributed by atoms with Crippen molar-refractivity contribution in [3.8, 4) is 5.75 Å². The van der Waals surface area contributed by atoms with Gasteiger partial charge < -0.3 is 24.7 Å². The molecule has 42 heavy (non-hydrogen) atoms. The lowest BCUT2D eigenvalue weighted by molar-refractivity contribution is -0.193. The number of para-hydroxylation sites is 2. The van der Waals surface area contributed by atoms with E-state index >= 15 is 0 Å². The molecule has 0 atom stereocenters. The van der Waals surface area contributed by atoms with Crippen LogP contribution in [-0.2, 0) is 9.59 Å². The average Bonchev–Trinajstić information content (AvgIpc) is 2.92. The molecule has 1 aliphatic heterocycles. The third-order valence-corrected chi connectivity index (χ3v) is 5.87. The van der Waals surface area contributed by atoms with Gasteiger partial charge in [0.1, 0.15) is 5.75 Å². The smallest absolute Gasteiger partial charge is 0.490 e. The number of carboxylic acid groups (broad SMARTS) is 2. The highest BCUT2D eigenvalue weighted by Gasteiger charge is 2.38. The van der Waals surface area contributed by atoms with Gasteiger partial charge in [0.25, 0.3) is 5.91 Å². The molecule has 1 aromatic heterocycles. The van der Waals surface area contributed by atoms with Crippen molar-refractivity contribution in [1.82, 2.24) is 9.88 Å². The second-order valence-corrected chi connectivity index (χ2v) is 8.87. The number of ether oxygens (including phenoxy) is 1. The molecule has 9 nitrogen and oxygen atoms in total. The molecule has 1 aliphatic rings. The summed E-state index contributed by atoms with van der Waals surface area (Å²) in [6.07, 6.45) is -10.2. The van der Waals surface area contributed by atoms with Gasteiger partial charge in [0.2, 0.25) is 0 Å². The largest absolute Gasteiger partial charge is 0.495 e. The summed E-state index contributed by atoms with van der Waals surface area (Å²) in [5, 5.41) is 15.3. The minimum atomic E-state index is -5.08. The summed E-state index contributed by atoms with van der Waals surface area (Å²) in [5.74, 6) is -4.58.